The second-order valence-corrected chi connectivity index (χ2v) is 8.62. The van der Waals surface area contributed by atoms with Gasteiger partial charge in [0.2, 0.25) is 0 Å². The summed E-state index contributed by atoms with van der Waals surface area (Å²) in [5, 5.41) is 4.51. The van der Waals surface area contributed by atoms with Crippen molar-refractivity contribution < 1.29 is 4.74 Å². The molecule has 0 spiro atoms. The summed E-state index contributed by atoms with van der Waals surface area (Å²) in [6.07, 6.45) is 1.99. The van der Waals surface area contributed by atoms with Crippen molar-refractivity contribution in [3.63, 3.8) is 0 Å². The highest BCUT2D eigenvalue weighted by Gasteiger charge is 2.24. The van der Waals surface area contributed by atoms with E-state index >= 15 is 0 Å². The van der Waals surface area contributed by atoms with Gasteiger partial charge in [-0.3, -0.25) is 4.90 Å². The first-order valence-electron chi connectivity index (χ1n) is 11.2. The average Bonchev–Trinajstić information content (AvgIpc) is 2.82. The summed E-state index contributed by atoms with van der Waals surface area (Å²) < 4.78 is 5.78. The Bertz CT molecular complexity index is 1270. The van der Waals surface area contributed by atoms with Crippen molar-refractivity contribution in [2.24, 2.45) is 0 Å². The Hall–Kier alpha value is -2.62. The minimum atomic E-state index is 0.642. The zero-order valence-electron chi connectivity index (χ0n) is 18.1. The molecule has 0 amide bonds. The van der Waals surface area contributed by atoms with Gasteiger partial charge in [-0.05, 0) is 65.6 Å². The SMILES string of the molecule is CCCOc1ccc(-c2nc3ccc4ccccc4c3c3c2CN(CC)CC3)cc1Cl. The molecule has 0 aliphatic carbocycles. The van der Waals surface area contributed by atoms with E-state index in [0.29, 0.717) is 11.6 Å². The molecule has 3 nitrogen and oxygen atoms in total. The van der Waals surface area contributed by atoms with Crippen molar-refractivity contribution in [1.29, 1.82) is 0 Å². The lowest BCUT2D eigenvalue weighted by Crippen LogP contribution is -2.31. The predicted octanol–water partition coefficient (Wildman–Crippen LogP) is 6.88. The van der Waals surface area contributed by atoms with Crippen molar-refractivity contribution in [3.05, 3.63) is 70.7 Å². The standard InChI is InChI=1S/C27H27ClN2O/c1-3-15-31-25-12-10-19(16-23(25)28)27-22-17-30(4-2)14-13-21(22)26-20-8-6-5-7-18(20)9-11-24(26)29-27/h5-12,16H,3-4,13-15,17H2,1-2H3. The molecule has 0 fully saturated rings. The van der Waals surface area contributed by atoms with Crippen LogP contribution in [0.4, 0.5) is 0 Å². The lowest BCUT2D eigenvalue weighted by atomic mass is 9.89. The summed E-state index contributed by atoms with van der Waals surface area (Å²) in [5.74, 6) is 0.739. The van der Waals surface area contributed by atoms with Gasteiger partial charge in [0.15, 0.2) is 0 Å². The molecule has 0 bridgehead atoms. The predicted molar refractivity (Wildman–Crippen MR) is 130 cm³/mol. The van der Waals surface area contributed by atoms with Crippen LogP contribution in [-0.4, -0.2) is 29.6 Å². The third-order valence-electron chi connectivity index (χ3n) is 6.27. The van der Waals surface area contributed by atoms with Gasteiger partial charge in [-0.1, -0.05) is 55.8 Å². The Morgan fingerprint density at radius 1 is 1.03 bits per heavy atom. The van der Waals surface area contributed by atoms with Gasteiger partial charge in [-0.25, -0.2) is 4.98 Å². The molecule has 1 aliphatic heterocycles. The lowest BCUT2D eigenvalue weighted by molar-refractivity contribution is 0.269. The number of pyridine rings is 1. The maximum atomic E-state index is 6.59. The highest BCUT2D eigenvalue weighted by atomic mass is 35.5. The Morgan fingerprint density at radius 3 is 2.71 bits per heavy atom. The van der Waals surface area contributed by atoms with E-state index in [1.54, 1.807) is 0 Å². The third-order valence-corrected chi connectivity index (χ3v) is 6.56. The fourth-order valence-corrected chi connectivity index (χ4v) is 4.89. The van der Waals surface area contributed by atoms with Crippen LogP contribution in [-0.2, 0) is 13.0 Å². The number of nitrogens with zero attached hydrogens (tertiary/aromatic N) is 2. The Morgan fingerprint density at radius 2 is 1.90 bits per heavy atom. The van der Waals surface area contributed by atoms with Gasteiger partial charge >= 0.3 is 0 Å². The molecule has 1 aliphatic rings. The zero-order valence-corrected chi connectivity index (χ0v) is 18.9. The molecule has 5 rings (SSSR count). The van der Waals surface area contributed by atoms with Crippen molar-refractivity contribution in [3.8, 4) is 17.0 Å². The Labute approximate surface area is 188 Å². The quantitative estimate of drug-likeness (QED) is 0.323. The summed E-state index contributed by atoms with van der Waals surface area (Å²) in [6.45, 7) is 8.02. The number of rotatable bonds is 5. The summed E-state index contributed by atoms with van der Waals surface area (Å²) in [6, 6.07) is 19.1. The van der Waals surface area contributed by atoms with E-state index < -0.39 is 0 Å². The Balaban J connectivity index is 1.73. The number of hydrogen-bond donors (Lipinski definition) is 0. The first kappa shape index (κ1) is 20.3. The van der Waals surface area contributed by atoms with Crippen molar-refractivity contribution in [2.75, 3.05) is 19.7 Å². The monoisotopic (exact) mass is 430 g/mol. The molecule has 0 unspecified atom stereocenters. The van der Waals surface area contributed by atoms with E-state index in [1.807, 2.05) is 12.1 Å². The molecular weight excluding hydrogens is 404 g/mol. The molecule has 158 valence electrons. The van der Waals surface area contributed by atoms with Gasteiger partial charge in [-0.2, -0.15) is 0 Å². The molecule has 31 heavy (non-hydrogen) atoms. The molecule has 4 heteroatoms. The molecular formula is C27H27ClN2O. The van der Waals surface area contributed by atoms with E-state index in [0.717, 1.165) is 55.0 Å². The van der Waals surface area contributed by atoms with E-state index in [-0.39, 0.29) is 0 Å². The van der Waals surface area contributed by atoms with E-state index in [2.05, 4.69) is 61.2 Å². The van der Waals surface area contributed by atoms with E-state index in [1.165, 1.54) is 27.3 Å². The second-order valence-electron chi connectivity index (χ2n) is 8.21. The van der Waals surface area contributed by atoms with Crippen LogP contribution in [0.3, 0.4) is 0 Å². The first-order chi connectivity index (χ1) is 15.2. The average molecular weight is 431 g/mol. The van der Waals surface area contributed by atoms with Crippen LogP contribution in [0.1, 0.15) is 31.4 Å². The van der Waals surface area contributed by atoms with E-state index in [4.69, 9.17) is 21.3 Å². The number of benzene rings is 3. The molecule has 0 saturated heterocycles. The number of fused-ring (bicyclic) bond motifs is 5. The van der Waals surface area contributed by atoms with Crippen LogP contribution < -0.4 is 4.74 Å². The highest BCUT2D eigenvalue weighted by molar-refractivity contribution is 6.32. The van der Waals surface area contributed by atoms with Crippen molar-refractivity contribution in [1.82, 2.24) is 9.88 Å². The van der Waals surface area contributed by atoms with Crippen LogP contribution >= 0.6 is 11.6 Å². The molecule has 0 N–H and O–H groups in total. The molecule has 0 atom stereocenters. The second kappa shape index (κ2) is 8.49. The van der Waals surface area contributed by atoms with Crippen LogP contribution in [0.5, 0.6) is 5.75 Å². The summed E-state index contributed by atoms with van der Waals surface area (Å²) in [7, 11) is 0. The maximum Gasteiger partial charge on any atom is 0.137 e. The largest absolute Gasteiger partial charge is 0.492 e. The number of aromatic nitrogens is 1. The molecule has 1 aromatic heterocycles. The minimum Gasteiger partial charge on any atom is -0.492 e. The smallest absolute Gasteiger partial charge is 0.137 e. The van der Waals surface area contributed by atoms with Gasteiger partial charge in [0.1, 0.15) is 5.75 Å². The molecule has 3 aromatic carbocycles. The maximum absolute atomic E-state index is 6.59. The summed E-state index contributed by atoms with van der Waals surface area (Å²) in [5.41, 5.74) is 5.91. The molecule has 2 heterocycles. The first-order valence-corrected chi connectivity index (χ1v) is 11.6. The zero-order chi connectivity index (χ0) is 21.4. The van der Waals surface area contributed by atoms with Crippen LogP contribution in [0.2, 0.25) is 5.02 Å². The minimum absolute atomic E-state index is 0.642. The fraction of sp³-hybridized carbons (Fsp3) is 0.296. The van der Waals surface area contributed by atoms with Gasteiger partial charge in [0.25, 0.3) is 0 Å². The molecule has 0 saturated carbocycles. The lowest BCUT2D eigenvalue weighted by Gasteiger charge is -2.30. The number of halogens is 1. The normalized spacial score (nSPS) is 14.2. The third kappa shape index (κ3) is 3.66. The fourth-order valence-electron chi connectivity index (χ4n) is 4.66. The topological polar surface area (TPSA) is 25.4 Å². The number of likely N-dealkylation sites (N-methyl/N-ethyl adjacent to an activating group) is 1. The van der Waals surface area contributed by atoms with Gasteiger partial charge in [0, 0.05) is 24.0 Å². The van der Waals surface area contributed by atoms with Crippen LogP contribution in [0.15, 0.2) is 54.6 Å². The highest BCUT2D eigenvalue weighted by Crippen LogP contribution is 2.39. The summed E-state index contributed by atoms with van der Waals surface area (Å²) in [4.78, 5) is 7.68. The number of ether oxygens (including phenoxy) is 1. The van der Waals surface area contributed by atoms with Crippen molar-refractivity contribution >= 4 is 33.3 Å². The Kier molecular flexibility index (Phi) is 5.56. The van der Waals surface area contributed by atoms with Crippen LogP contribution in [0.25, 0.3) is 32.9 Å². The molecule has 0 radical (unpaired) electrons. The molecule has 4 aromatic rings. The van der Waals surface area contributed by atoms with Gasteiger partial charge in [-0.15, -0.1) is 0 Å². The van der Waals surface area contributed by atoms with Crippen molar-refractivity contribution in [2.45, 2.75) is 33.2 Å². The van der Waals surface area contributed by atoms with E-state index in [9.17, 15) is 0 Å². The van der Waals surface area contributed by atoms with Crippen LogP contribution in [0, 0.1) is 0 Å². The van der Waals surface area contributed by atoms with Gasteiger partial charge < -0.3 is 4.74 Å². The summed E-state index contributed by atoms with van der Waals surface area (Å²) >= 11 is 6.59. The number of hydrogen-bond acceptors (Lipinski definition) is 3. The van der Waals surface area contributed by atoms with Gasteiger partial charge in [0.05, 0.1) is 22.8 Å².